The largest absolute Gasteiger partial charge is 0.417 e. The van der Waals surface area contributed by atoms with Crippen molar-refractivity contribution in [3.05, 3.63) is 63.9 Å². The van der Waals surface area contributed by atoms with Crippen LogP contribution in [0.25, 0.3) is 0 Å². The van der Waals surface area contributed by atoms with Crippen molar-refractivity contribution in [2.75, 3.05) is 0 Å². The first-order valence-corrected chi connectivity index (χ1v) is 6.98. The molecule has 0 saturated carbocycles. The van der Waals surface area contributed by atoms with E-state index in [1.807, 2.05) is 0 Å². The summed E-state index contributed by atoms with van der Waals surface area (Å²) >= 11 is 5.76. The Labute approximate surface area is 142 Å². The smallest absolute Gasteiger partial charge is 0.369 e. The van der Waals surface area contributed by atoms with Gasteiger partial charge in [-0.05, 0) is 17.7 Å². The SMILES string of the molecule is NC(=O)C(c1cccc(C(F)(F)F)c1)c1ncc(C(F)(F)F)cc1Cl. The van der Waals surface area contributed by atoms with Crippen molar-refractivity contribution < 1.29 is 31.1 Å². The molecule has 1 heterocycles. The van der Waals surface area contributed by atoms with E-state index >= 15 is 0 Å². The molecule has 0 aliphatic carbocycles. The Morgan fingerprint density at radius 2 is 1.64 bits per heavy atom. The van der Waals surface area contributed by atoms with E-state index in [1.165, 1.54) is 6.07 Å². The minimum atomic E-state index is -4.71. The molecule has 25 heavy (non-hydrogen) atoms. The first kappa shape index (κ1) is 19.0. The van der Waals surface area contributed by atoms with Crippen LogP contribution in [-0.2, 0) is 17.1 Å². The van der Waals surface area contributed by atoms with Crippen molar-refractivity contribution in [2.24, 2.45) is 5.73 Å². The summed E-state index contributed by atoms with van der Waals surface area (Å²) in [5.41, 5.74) is 2.47. The molecule has 1 atom stereocenters. The quantitative estimate of drug-likeness (QED) is 0.800. The van der Waals surface area contributed by atoms with Crippen LogP contribution in [0, 0.1) is 0 Å². The zero-order valence-corrected chi connectivity index (χ0v) is 12.9. The Bertz CT molecular complexity index is 803. The van der Waals surface area contributed by atoms with Crippen LogP contribution in [0.3, 0.4) is 0 Å². The van der Waals surface area contributed by atoms with Crippen molar-refractivity contribution >= 4 is 17.5 Å². The van der Waals surface area contributed by atoms with Gasteiger partial charge < -0.3 is 5.73 Å². The molecule has 1 unspecified atom stereocenters. The van der Waals surface area contributed by atoms with Gasteiger partial charge in [-0.25, -0.2) is 0 Å². The van der Waals surface area contributed by atoms with Gasteiger partial charge in [0.25, 0.3) is 0 Å². The highest BCUT2D eigenvalue weighted by Gasteiger charge is 2.35. The number of rotatable bonds is 3. The van der Waals surface area contributed by atoms with E-state index in [0.717, 1.165) is 12.1 Å². The second kappa shape index (κ2) is 6.55. The highest BCUT2D eigenvalue weighted by Crippen LogP contribution is 2.36. The van der Waals surface area contributed by atoms with Crippen LogP contribution in [-0.4, -0.2) is 10.9 Å². The van der Waals surface area contributed by atoms with Gasteiger partial charge in [0.15, 0.2) is 0 Å². The number of carbonyl (C=O) groups excluding carboxylic acids is 1. The molecule has 1 aromatic carbocycles. The fourth-order valence-electron chi connectivity index (χ4n) is 2.17. The van der Waals surface area contributed by atoms with E-state index in [2.05, 4.69) is 4.98 Å². The molecule has 1 aromatic heterocycles. The number of pyridine rings is 1. The molecule has 10 heteroatoms. The molecule has 0 spiro atoms. The van der Waals surface area contributed by atoms with E-state index in [-0.39, 0.29) is 11.3 Å². The number of halogens is 7. The molecule has 134 valence electrons. The predicted octanol–water partition coefficient (Wildman–Crippen LogP) is 4.39. The number of primary amides is 1. The number of hydrogen-bond acceptors (Lipinski definition) is 2. The van der Waals surface area contributed by atoms with Crippen molar-refractivity contribution in [1.29, 1.82) is 0 Å². The molecule has 0 saturated heterocycles. The molecule has 0 aliphatic heterocycles. The molecule has 0 bridgehead atoms. The molecular weight excluding hydrogens is 374 g/mol. The topological polar surface area (TPSA) is 56.0 Å². The number of amides is 1. The van der Waals surface area contributed by atoms with Gasteiger partial charge in [-0.3, -0.25) is 9.78 Å². The maximum absolute atomic E-state index is 12.8. The minimum absolute atomic E-state index is 0.184. The number of hydrogen-bond donors (Lipinski definition) is 1. The molecule has 2 aromatic rings. The third-order valence-electron chi connectivity index (χ3n) is 3.30. The summed E-state index contributed by atoms with van der Waals surface area (Å²) in [7, 11) is 0. The average Bonchev–Trinajstić information content (AvgIpc) is 2.47. The van der Waals surface area contributed by atoms with Crippen molar-refractivity contribution in [1.82, 2.24) is 4.98 Å². The predicted molar refractivity (Wildman–Crippen MR) is 76.7 cm³/mol. The fraction of sp³-hybridized carbons (Fsp3) is 0.200. The van der Waals surface area contributed by atoms with Gasteiger partial charge in [-0.15, -0.1) is 0 Å². The Balaban J connectivity index is 2.55. The lowest BCUT2D eigenvalue weighted by Gasteiger charge is -2.17. The number of carbonyl (C=O) groups is 1. The number of benzene rings is 1. The molecule has 2 rings (SSSR count). The number of aromatic nitrogens is 1. The third kappa shape index (κ3) is 4.22. The monoisotopic (exact) mass is 382 g/mol. The molecule has 0 aliphatic rings. The third-order valence-corrected chi connectivity index (χ3v) is 3.60. The van der Waals surface area contributed by atoms with Crippen LogP contribution in [0.15, 0.2) is 36.5 Å². The van der Waals surface area contributed by atoms with E-state index in [1.54, 1.807) is 0 Å². The summed E-state index contributed by atoms with van der Waals surface area (Å²) in [6.45, 7) is 0. The molecule has 2 N–H and O–H groups in total. The van der Waals surface area contributed by atoms with Gasteiger partial charge in [0, 0.05) is 6.20 Å². The van der Waals surface area contributed by atoms with E-state index in [4.69, 9.17) is 17.3 Å². The first-order chi connectivity index (χ1) is 11.4. The maximum atomic E-state index is 12.8. The zero-order chi connectivity index (χ0) is 19.0. The maximum Gasteiger partial charge on any atom is 0.417 e. The number of nitrogens with zero attached hydrogens (tertiary/aromatic N) is 1. The normalized spacial score (nSPS) is 13.6. The van der Waals surface area contributed by atoms with Gasteiger partial charge >= 0.3 is 12.4 Å². The minimum Gasteiger partial charge on any atom is -0.369 e. The summed E-state index contributed by atoms with van der Waals surface area (Å²) in [4.78, 5) is 15.2. The number of alkyl halides is 6. The highest BCUT2D eigenvalue weighted by molar-refractivity contribution is 6.31. The van der Waals surface area contributed by atoms with Crippen molar-refractivity contribution in [3.8, 4) is 0 Å². The Kier molecular flexibility index (Phi) is 4.99. The van der Waals surface area contributed by atoms with Crippen LogP contribution in [0.2, 0.25) is 5.02 Å². The lowest BCUT2D eigenvalue weighted by Crippen LogP contribution is -2.24. The zero-order valence-electron chi connectivity index (χ0n) is 12.1. The first-order valence-electron chi connectivity index (χ1n) is 6.60. The van der Waals surface area contributed by atoms with Gasteiger partial charge in [-0.2, -0.15) is 26.3 Å². The van der Waals surface area contributed by atoms with Crippen molar-refractivity contribution in [2.45, 2.75) is 18.3 Å². The summed E-state index contributed by atoms with van der Waals surface area (Å²) in [6.07, 6.45) is -8.95. The second-order valence-electron chi connectivity index (χ2n) is 5.05. The molecule has 3 nitrogen and oxygen atoms in total. The summed E-state index contributed by atoms with van der Waals surface area (Å²) in [5, 5.41) is -0.531. The summed E-state index contributed by atoms with van der Waals surface area (Å²) in [5.74, 6) is -2.63. The number of nitrogens with two attached hydrogens (primary N) is 1. The van der Waals surface area contributed by atoms with E-state index in [0.29, 0.717) is 18.3 Å². The molecule has 0 radical (unpaired) electrons. The van der Waals surface area contributed by atoms with Crippen LogP contribution >= 0.6 is 11.6 Å². The summed E-state index contributed by atoms with van der Waals surface area (Å²) < 4.78 is 76.4. The lowest BCUT2D eigenvalue weighted by molar-refractivity contribution is -0.138. The highest BCUT2D eigenvalue weighted by atomic mass is 35.5. The van der Waals surface area contributed by atoms with Crippen LogP contribution in [0.1, 0.15) is 28.3 Å². The average molecular weight is 383 g/mol. The second-order valence-corrected chi connectivity index (χ2v) is 5.45. The van der Waals surface area contributed by atoms with Gasteiger partial charge in [0.2, 0.25) is 5.91 Å². The van der Waals surface area contributed by atoms with E-state index in [9.17, 15) is 31.1 Å². The van der Waals surface area contributed by atoms with Gasteiger partial charge in [-0.1, -0.05) is 29.8 Å². The van der Waals surface area contributed by atoms with Crippen LogP contribution in [0.4, 0.5) is 26.3 Å². The molecule has 1 amide bonds. The lowest BCUT2D eigenvalue weighted by atomic mass is 9.92. The molecule has 0 fully saturated rings. The Hall–Kier alpha value is -2.29. The standard InChI is InChI=1S/C15H9ClF6N2O/c16-10-5-9(15(20,21)22)6-24-12(10)11(13(23)25)7-2-1-3-8(4-7)14(17,18)19/h1-6,11H,(H2,23,25). The Morgan fingerprint density at radius 1 is 1.04 bits per heavy atom. The van der Waals surface area contributed by atoms with Crippen molar-refractivity contribution in [3.63, 3.8) is 0 Å². The molecular formula is C15H9ClF6N2O. The van der Waals surface area contributed by atoms with E-state index < -0.39 is 40.3 Å². The van der Waals surface area contributed by atoms with Gasteiger partial charge in [0.05, 0.1) is 21.8 Å². The fourth-order valence-corrected chi connectivity index (χ4v) is 2.44. The van der Waals surface area contributed by atoms with Gasteiger partial charge in [0.1, 0.15) is 5.92 Å². The Morgan fingerprint density at radius 3 is 2.12 bits per heavy atom. The van der Waals surface area contributed by atoms with Crippen LogP contribution in [0.5, 0.6) is 0 Å². The summed E-state index contributed by atoms with van der Waals surface area (Å²) in [6, 6.07) is 4.22. The van der Waals surface area contributed by atoms with Crippen LogP contribution < -0.4 is 5.73 Å².